The van der Waals surface area contributed by atoms with Crippen LogP contribution in [0.5, 0.6) is 5.75 Å². The number of ether oxygens (including phenoxy) is 1. The first-order valence-corrected chi connectivity index (χ1v) is 15.6. The zero-order valence-electron chi connectivity index (χ0n) is 27.3. The second kappa shape index (κ2) is 14.3. The summed E-state index contributed by atoms with van der Waals surface area (Å²) in [6.45, 7) is 15.2. The highest BCUT2D eigenvalue weighted by Crippen LogP contribution is 2.35. The number of phenolic OH excluding ortho intramolecular Hbond substituents is 1. The van der Waals surface area contributed by atoms with Gasteiger partial charge in [0.1, 0.15) is 23.4 Å². The highest BCUT2D eigenvalue weighted by Gasteiger charge is 2.44. The van der Waals surface area contributed by atoms with Crippen LogP contribution in [0.1, 0.15) is 108 Å². The fourth-order valence-corrected chi connectivity index (χ4v) is 5.69. The monoisotopic (exact) mass is 593 g/mol. The van der Waals surface area contributed by atoms with E-state index in [1.54, 1.807) is 49.9 Å². The molecule has 0 saturated heterocycles. The third-order valence-corrected chi connectivity index (χ3v) is 8.30. The van der Waals surface area contributed by atoms with Gasteiger partial charge in [0.05, 0.1) is 0 Å². The number of phenols is 1. The Kier molecular flexibility index (Phi) is 11.3. The fraction of sp³-hybridized carbons (Fsp3) is 0.571. The first kappa shape index (κ1) is 33.9. The van der Waals surface area contributed by atoms with Gasteiger partial charge in [0, 0.05) is 18.0 Å². The summed E-state index contributed by atoms with van der Waals surface area (Å²) in [4.78, 5) is 43.9. The summed E-state index contributed by atoms with van der Waals surface area (Å²) in [5, 5.41) is 15.9. The van der Waals surface area contributed by atoms with Crippen LogP contribution in [0.2, 0.25) is 0 Å². The van der Waals surface area contributed by atoms with Gasteiger partial charge in [-0.2, -0.15) is 0 Å². The third kappa shape index (κ3) is 9.47. The van der Waals surface area contributed by atoms with Crippen LogP contribution in [0.25, 0.3) is 0 Å². The van der Waals surface area contributed by atoms with Crippen LogP contribution < -0.4 is 10.6 Å². The lowest BCUT2D eigenvalue weighted by atomic mass is 9.88. The minimum Gasteiger partial charge on any atom is -0.508 e. The standard InChI is InChI=1S/C35H51N3O5/c1-9-35(7,8)38(30(28-20-15-23(2)21-24(28)3)31(40)36-26-13-11-10-12-14-26)32(41)29(37-33(42)43-34(4,5)6)22-25-16-18-27(39)19-17-25/h15-21,26,29-30,39H,9-14,22H2,1-8H3,(H,36,40)(H,37,42). The molecule has 0 spiro atoms. The topological polar surface area (TPSA) is 108 Å². The van der Waals surface area contributed by atoms with E-state index in [1.807, 2.05) is 52.8 Å². The molecule has 1 fully saturated rings. The van der Waals surface area contributed by atoms with Gasteiger partial charge in [-0.05, 0) is 96.6 Å². The molecule has 43 heavy (non-hydrogen) atoms. The molecular weight excluding hydrogens is 542 g/mol. The van der Waals surface area contributed by atoms with Crippen molar-refractivity contribution in [2.24, 2.45) is 0 Å². The van der Waals surface area contributed by atoms with Crippen molar-refractivity contribution in [3.63, 3.8) is 0 Å². The molecule has 1 saturated carbocycles. The Morgan fingerprint density at radius 1 is 0.977 bits per heavy atom. The lowest BCUT2D eigenvalue weighted by Crippen LogP contribution is -2.60. The number of aromatic hydroxyl groups is 1. The highest BCUT2D eigenvalue weighted by molar-refractivity contribution is 5.93. The van der Waals surface area contributed by atoms with Crippen LogP contribution >= 0.6 is 0 Å². The van der Waals surface area contributed by atoms with E-state index in [4.69, 9.17) is 4.74 Å². The molecule has 3 amide bonds. The van der Waals surface area contributed by atoms with Gasteiger partial charge in [0.2, 0.25) is 11.8 Å². The lowest BCUT2D eigenvalue weighted by Gasteiger charge is -2.45. The zero-order valence-corrected chi connectivity index (χ0v) is 27.3. The second-order valence-corrected chi connectivity index (χ2v) is 13.5. The lowest BCUT2D eigenvalue weighted by molar-refractivity contribution is -0.149. The molecule has 2 aromatic carbocycles. The molecule has 1 aliphatic rings. The van der Waals surface area contributed by atoms with Crippen molar-refractivity contribution >= 4 is 17.9 Å². The number of carbonyl (C=O) groups excluding carboxylic acids is 3. The first-order valence-electron chi connectivity index (χ1n) is 15.6. The Labute approximate surface area is 257 Å². The Morgan fingerprint density at radius 3 is 2.16 bits per heavy atom. The van der Waals surface area contributed by atoms with Crippen LogP contribution in [0, 0.1) is 13.8 Å². The van der Waals surface area contributed by atoms with Gasteiger partial charge < -0.3 is 25.4 Å². The molecule has 236 valence electrons. The van der Waals surface area contributed by atoms with E-state index < -0.39 is 29.3 Å². The molecule has 3 N–H and O–H groups in total. The SMILES string of the molecule is CCC(C)(C)N(C(=O)C(Cc1ccc(O)cc1)NC(=O)OC(C)(C)C)C(C(=O)NC1CCCCC1)c1ccc(C)cc1C. The quantitative estimate of drug-likeness (QED) is 0.286. The van der Waals surface area contributed by atoms with Crippen molar-refractivity contribution in [2.75, 3.05) is 0 Å². The van der Waals surface area contributed by atoms with Crippen LogP contribution in [0.3, 0.4) is 0 Å². The minimum atomic E-state index is -1.03. The van der Waals surface area contributed by atoms with Gasteiger partial charge in [-0.15, -0.1) is 0 Å². The molecule has 8 nitrogen and oxygen atoms in total. The number of benzene rings is 2. The fourth-order valence-electron chi connectivity index (χ4n) is 5.69. The summed E-state index contributed by atoms with van der Waals surface area (Å²) < 4.78 is 5.55. The molecule has 8 heteroatoms. The second-order valence-electron chi connectivity index (χ2n) is 13.5. The number of alkyl carbamates (subject to hydrolysis) is 1. The molecule has 0 aromatic heterocycles. The number of nitrogens with zero attached hydrogens (tertiary/aromatic N) is 1. The van der Waals surface area contributed by atoms with Crippen molar-refractivity contribution in [2.45, 2.75) is 130 Å². The Balaban J connectivity index is 2.12. The van der Waals surface area contributed by atoms with E-state index in [0.717, 1.165) is 54.4 Å². The van der Waals surface area contributed by atoms with Crippen molar-refractivity contribution < 1.29 is 24.2 Å². The number of aryl methyl sites for hydroxylation is 2. The smallest absolute Gasteiger partial charge is 0.408 e. The van der Waals surface area contributed by atoms with Crippen LogP contribution in [-0.4, -0.2) is 51.1 Å². The van der Waals surface area contributed by atoms with Crippen molar-refractivity contribution in [1.29, 1.82) is 0 Å². The molecule has 2 atom stereocenters. The predicted octanol–water partition coefficient (Wildman–Crippen LogP) is 6.65. The van der Waals surface area contributed by atoms with E-state index in [0.29, 0.717) is 6.42 Å². The Hall–Kier alpha value is -3.55. The number of carbonyl (C=O) groups is 3. The summed E-state index contributed by atoms with van der Waals surface area (Å²) >= 11 is 0. The van der Waals surface area contributed by atoms with E-state index in [-0.39, 0.29) is 30.0 Å². The number of nitrogens with one attached hydrogen (secondary N) is 2. The highest BCUT2D eigenvalue weighted by atomic mass is 16.6. The van der Waals surface area contributed by atoms with Crippen molar-refractivity contribution in [3.05, 3.63) is 64.7 Å². The van der Waals surface area contributed by atoms with Crippen LogP contribution in [0.4, 0.5) is 4.79 Å². The van der Waals surface area contributed by atoms with Gasteiger partial charge in [-0.1, -0.05) is 62.1 Å². The van der Waals surface area contributed by atoms with Crippen LogP contribution in [0.15, 0.2) is 42.5 Å². The molecule has 0 heterocycles. The largest absolute Gasteiger partial charge is 0.508 e. The van der Waals surface area contributed by atoms with Crippen molar-refractivity contribution in [3.8, 4) is 5.75 Å². The van der Waals surface area contributed by atoms with Gasteiger partial charge in [-0.25, -0.2) is 4.79 Å². The molecular formula is C35H51N3O5. The van der Waals surface area contributed by atoms with Gasteiger partial charge in [0.15, 0.2) is 0 Å². The summed E-state index contributed by atoms with van der Waals surface area (Å²) in [6.07, 6.45) is 5.14. The summed E-state index contributed by atoms with van der Waals surface area (Å²) in [6, 6.07) is 10.6. The Bertz CT molecular complexity index is 1260. The number of rotatable bonds is 10. The maximum Gasteiger partial charge on any atom is 0.408 e. The summed E-state index contributed by atoms with van der Waals surface area (Å²) in [5.41, 5.74) is 1.98. The molecule has 0 bridgehead atoms. The van der Waals surface area contributed by atoms with Crippen molar-refractivity contribution in [1.82, 2.24) is 15.5 Å². The third-order valence-electron chi connectivity index (χ3n) is 8.30. The Morgan fingerprint density at radius 2 is 1.60 bits per heavy atom. The molecule has 0 radical (unpaired) electrons. The first-order chi connectivity index (χ1) is 20.1. The van der Waals surface area contributed by atoms with Crippen LogP contribution in [-0.2, 0) is 20.7 Å². The van der Waals surface area contributed by atoms with Gasteiger partial charge >= 0.3 is 6.09 Å². The van der Waals surface area contributed by atoms with Gasteiger partial charge in [-0.3, -0.25) is 9.59 Å². The summed E-state index contributed by atoms with van der Waals surface area (Å²) in [7, 11) is 0. The number of hydrogen-bond acceptors (Lipinski definition) is 5. The minimum absolute atomic E-state index is 0.0591. The predicted molar refractivity (Wildman–Crippen MR) is 170 cm³/mol. The van der Waals surface area contributed by atoms with E-state index >= 15 is 0 Å². The maximum atomic E-state index is 14.8. The molecule has 3 rings (SSSR count). The number of hydrogen-bond donors (Lipinski definition) is 3. The molecule has 1 aliphatic carbocycles. The average Bonchev–Trinajstić information content (AvgIpc) is 2.92. The average molecular weight is 594 g/mol. The summed E-state index contributed by atoms with van der Waals surface area (Å²) in [5.74, 6) is -0.487. The molecule has 0 aliphatic heterocycles. The van der Waals surface area contributed by atoms with E-state index in [9.17, 15) is 19.5 Å². The maximum absolute atomic E-state index is 14.8. The van der Waals surface area contributed by atoms with Gasteiger partial charge in [0.25, 0.3) is 0 Å². The van der Waals surface area contributed by atoms with E-state index in [2.05, 4.69) is 10.6 Å². The van der Waals surface area contributed by atoms with E-state index in [1.165, 1.54) is 0 Å². The normalized spacial score (nSPS) is 15.7. The zero-order chi connectivity index (χ0) is 31.9. The number of amides is 3. The molecule has 2 aromatic rings. The molecule has 2 unspecified atom stereocenters.